The molecule has 116 valence electrons. The second kappa shape index (κ2) is 6.41. The van der Waals surface area contributed by atoms with Gasteiger partial charge in [0.1, 0.15) is 0 Å². The summed E-state index contributed by atoms with van der Waals surface area (Å²) in [4.78, 5) is 11.3. The normalized spacial score (nSPS) is 29.6. The summed E-state index contributed by atoms with van der Waals surface area (Å²) in [6.45, 7) is 2.43. The van der Waals surface area contributed by atoms with Crippen molar-refractivity contribution in [2.24, 2.45) is 0 Å². The number of methoxy groups -OCH3 is 1. The van der Waals surface area contributed by atoms with E-state index in [0.717, 1.165) is 32.1 Å². The summed E-state index contributed by atoms with van der Waals surface area (Å²) in [7, 11) is -2.37. The van der Waals surface area contributed by atoms with Gasteiger partial charge in [0.05, 0.1) is 7.11 Å². The number of hydrogen-bond acceptors (Lipinski definition) is 5. The molecule has 0 aromatic carbocycles. The molecule has 0 aromatic rings. The number of esters is 1. The summed E-state index contributed by atoms with van der Waals surface area (Å²) < 4.78 is 30.9. The van der Waals surface area contributed by atoms with Crippen LogP contribution in [0.2, 0.25) is 0 Å². The fourth-order valence-electron chi connectivity index (χ4n) is 3.32. The molecule has 0 spiro atoms. The maximum absolute atomic E-state index is 12.4. The number of nitrogens with zero attached hydrogens (tertiary/aromatic N) is 1. The molecular weight excluding hydrogens is 280 g/mol. The SMILES string of the molecule is CCCN(C1CC2CCC(C1)N2)S(=O)(=O)CC(=O)OC. The molecule has 2 saturated heterocycles. The highest BCUT2D eigenvalue weighted by Gasteiger charge is 2.40. The van der Waals surface area contributed by atoms with Gasteiger partial charge in [0.15, 0.2) is 5.75 Å². The third-order valence-corrected chi connectivity index (χ3v) is 5.98. The zero-order valence-electron chi connectivity index (χ0n) is 12.2. The predicted molar refractivity (Wildman–Crippen MR) is 75.8 cm³/mol. The maximum atomic E-state index is 12.4. The van der Waals surface area contributed by atoms with Gasteiger partial charge in [0.25, 0.3) is 0 Å². The van der Waals surface area contributed by atoms with Crippen molar-refractivity contribution in [2.75, 3.05) is 19.4 Å². The summed E-state index contributed by atoms with van der Waals surface area (Å²) in [6.07, 6.45) is 4.68. The highest BCUT2D eigenvalue weighted by atomic mass is 32.2. The van der Waals surface area contributed by atoms with Crippen LogP contribution in [0.25, 0.3) is 0 Å². The number of hydrogen-bond donors (Lipinski definition) is 1. The lowest BCUT2D eigenvalue weighted by atomic mass is 10.00. The van der Waals surface area contributed by atoms with Crippen molar-refractivity contribution in [1.82, 2.24) is 9.62 Å². The fourth-order valence-corrected chi connectivity index (χ4v) is 4.99. The number of carbonyl (C=O) groups is 1. The lowest BCUT2D eigenvalue weighted by Gasteiger charge is -2.36. The van der Waals surface area contributed by atoms with Crippen molar-refractivity contribution in [3.63, 3.8) is 0 Å². The first kappa shape index (κ1) is 15.7. The average Bonchev–Trinajstić information content (AvgIpc) is 2.74. The van der Waals surface area contributed by atoms with Gasteiger partial charge < -0.3 is 10.1 Å². The van der Waals surface area contributed by atoms with Crippen LogP contribution in [0.4, 0.5) is 0 Å². The van der Waals surface area contributed by atoms with Crippen molar-refractivity contribution in [1.29, 1.82) is 0 Å². The van der Waals surface area contributed by atoms with Crippen LogP contribution in [0, 0.1) is 0 Å². The minimum absolute atomic E-state index is 0.0170. The van der Waals surface area contributed by atoms with Crippen LogP contribution in [0.1, 0.15) is 39.0 Å². The Balaban J connectivity index is 2.11. The zero-order chi connectivity index (χ0) is 14.8. The first-order valence-electron chi connectivity index (χ1n) is 7.28. The van der Waals surface area contributed by atoms with Crippen molar-refractivity contribution in [2.45, 2.75) is 57.2 Å². The van der Waals surface area contributed by atoms with E-state index in [1.54, 1.807) is 0 Å². The number of piperidine rings is 1. The number of rotatable bonds is 6. The molecule has 7 heteroatoms. The van der Waals surface area contributed by atoms with Gasteiger partial charge in [0, 0.05) is 24.7 Å². The molecule has 2 atom stereocenters. The Morgan fingerprint density at radius 3 is 2.40 bits per heavy atom. The predicted octanol–water partition coefficient (Wildman–Crippen LogP) is 0.484. The molecule has 0 aliphatic carbocycles. The fraction of sp³-hybridized carbons (Fsp3) is 0.923. The second-order valence-electron chi connectivity index (χ2n) is 5.71. The Morgan fingerprint density at radius 2 is 1.90 bits per heavy atom. The van der Waals surface area contributed by atoms with Crippen LogP contribution in [0.3, 0.4) is 0 Å². The Morgan fingerprint density at radius 1 is 1.30 bits per heavy atom. The van der Waals surface area contributed by atoms with E-state index in [1.165, 1.54) is 11.4 Å². The van der Waals surface area contributed by atoms with Crippen LogP contribution >= 0.6 is 0 Å². The summed E-state index contributed by atoms with van der Waals surface area (Å²) in [5.74, 6) is -1.24. The number of ether oxygens (including phenoxy) is 1. The molecule has 2 fully saturated rings. The zero-order valence-corrected chi connectivity index (χ0v) is 13.0. The summed E-state index contributed by atoms with van der Waals surface area (Å²) in [6, 6.07) is 0.862. The summed E-state index contributed by atoms with van der Waals surface area (Å²) >= 11 is 0. The molecule has 1 N–H and O–H groups in total. The third kappa shape index (κ3) is 3.51. The monoisotopic (exact) mass is 304 g/mol. The molecule has 2 unspecified atom stereocenters. The molecule has 2 rings (SSSR count). The van der Waals surface area contributed by atoms with Gasteiger partial charge >= 0.3 is 5.97 Å². The van der Waals surface area contributed by atoms with Gasteiger partial charge in [-0.1, -0.05) is 6.92 Å². The number of nitrogens with one attached hydrogen (secondary N) is 1. The van der Waals surface area contributed by atoms with Gasteiger partial charge in [-0.25, -0.2) is 8.42 Å². The van der Waals surface area contributed by atoms with Crippen LogP contribution < -0.4 is 5.32 Å². The lowest BCUT2D eigenvalue weighted by Crippen LogP contribution is -2.51. The summed E-state index contributed by atoms with van der Waals surface area (Å²) in [5, 5.41) is 3.51. The molecule has 6 nitrogen and oxygen atoms in total. The number of carbonyl (C=O) groups excluding carboxylic acids is 1. The molecular formula is C13H24N2O4S. The molecule has 20 heavy (non-hydrogen) atoms. The van der Waals surface area contributed by atoms with Gasteiger partial charge in [-0.05, 0) is 32.1 Å². The van der Waals surface area contributed by atoms with E-state index in [4.69, 9.17) is 0 Å². The summed E-state index contributed by atoms with van der Waals surface area (Å²) in [5.41, 5.74) is 0. The van der Waals surface area contributed by atoms with E-state index in [0.29, 0.717) is 18.6 Å². The van der Waals surface area contributed by atoms with Gasteiger partial charge in [-0.3, -0.25) is 4.79 Å². The Labute approximate surface area is 120 Å². The van der Waals surface area contributed by atoms with Crippen molar-refractivity contribution >= 4 is 16.0 Å². The van der Waals surface area contributed by atoms with Gasteiger partial charge in [-0.2, -0.15) is 4.31 Å². The smallest absolute Gasteiger partial charge is 0.322 e. The van der Waals surface area contributed by atoms with Gasteiger partial charge in [-0.15, -0.1) is 0 Å². The lowest BCUT2D eigenvalue weighted by molar-refractivity contribution is -0.137. The van der Waals surface area contributed by atoms with Crippen molar-refractivity contribution in [3.05, 3.63) is 0 Å². The molecule has 2 aliphatic heterocycles. The van der Waals surface area contributed by atoms with E-state index in [2.05, 4.69) is 10.1 Å². The maximum Gasteiger partial charge on any atom is 0.322 e. The van der Waals surface area contributed by atoms with E-state index >= 15 is 0 Å². The van der Waals surface area contributed by atoms with Crippen LogP contribution in [-0.4, -0.2) is 56.2 Å². The third-order valence-electron chi connectivity index (χ3n) is 4.18. The number of sulfonamides is 1. The van der Waals surface area contributed by atoms with E-state index in [1.807, 2.05) is 6.92 Å². The average molecular weight is 304 g/mol. The topological polar surface area (TPSA) is 75.7 Å². The molecule has 2 bridgehead atoms. The molecule has 0 saturated carbocycles. The van der Waals surface area contributed by atoms with Crippen LogP contribution in [-0.2, 0) is 19.6 Å². The molecule has 0 aromatic heterocycles. The van der Waals surface area contributed by atoms with Crippen LogP contribution in [0.5, 0.6) is 0 Å². The minimum atomic E-state index is -3.58. The molecule has 0 radical (unpaired) electrons. The molecule has 0 amide bonds. The molecule has 2 aliphatic rings. The highest BCUT2D eigenvalue weighted by molar-refractivity contribution is 7.89. The van der Waals surface area contributed by atoms with E-state index in [9.17, 15) is 13.2 Å². The standard InChI is InChI=1S/C13H24N2O4S/c1-3-6-15(20(17,18)9-13(16)19-2)12-7-10-4-5-11(8-12)14-10/h10-12,14H,3-9H2,1-2H3. The quantitative estimate of drug-likeness (QED) is 0.723. The van der Waals surface area contributed by atoms with E-state index < -0.39 is 21.7 Å². The Kier molecular flexibility index (Phi) is 5.04. The highest BCUT2D eigenvalue weighted by Crippen LogP contribution is 2.31. The van der Waals surface area contributed by atoms with Crippen LogP contribution in [0.15, 0.2) is 0 Å². The largest absolute Gasteiger partial charge is 0.468 e. The second-order valence-corrected chi connectivity index (χ2v) is 7.63. The number of fused-ring (bicyclic) bond motifs is 2. The first-order valence-corrected chi connectivity index (χ1v) is 8.89. The Hall–Kier alpha value is -0.660. The van der Waals surface area contributed by atoms with Crippen molar-refractivity contribution < 1.29 is 17.9 Å². The van der Waals surface area contributed by atoms with E-state index in [-0.39, 0.29) is 6.04 Å². The Bertz CT molecular complexity index is 439. The first-order chi connectivity index (χ1) is 9.46. The van der Waals surface area contributed by atoms with Crippen molar-refractivity contribution in [3.8, 4) is 0 Å². The van der Waals surface area contributed by atoms with Gasteiger partial charge in [0.2, 0.25) is 10.0 Å². The minimum Gasteiger partial charge on any atom is -0.468 e. The molecule has 2 heterocycles.